The van der Waals surface area contributed by atoms with E-state index in [1.807, 2.05) is 0 Å². The zero-order valence-electron chi connectivity index (χ0n) is 9.54. The van der Waals surface area contributed by atoms with E-state index in [-0.39, 0.29) is 12.1 Å². The van der Waals surface area contributed by atoms with Gasteiger partial charge in [0.15, 0.2) is 0 Å². The highest BCUT2D eigenvalue weighted by Crippen LogP contribution is 2.07. The average molecular weight is 258 g/mol. The normalized spacial score (nSPS) is 11.7. The Kier molecular flexibility index (Phi) is 4.59. The fraction of sp³-hybridized carbons (Fsp3) is 0.273. The molecule has 2 amide bonds. The molecule has 0 heterocycles. The van der Waals surface area contributed by atoms with Crippen LogP contribution in [0.2, 0.25) is 0 Å². The highest BCUT2D eigenvalue weighted by molar-refractivity contribution is 5.82. The van der Waals surface area contributed by atoms with Crippen molar-refractivity contribution in [1.82, 2.24) is 10.6 Å². The fourth-order valence-corrected chi connectivity index (χ4v) is 1.20. The maximum Gasteiger partial charge on any atom is 0.325 e. The monoisotopic (exact) mass is 258 g/mol. The Morgan fingerprint density at radius 2 is 1.83 bits per heavy atom. The molecule has 0 saturated heterocycles. The molecular weight excluding hydrogens is 246 g/mol. The number of carboxylic acids is 1. The van der Waals surface area contributed by atoms with Crippen LogP contribution in [0.25, 0.3) is 0 Å². The van der Waals surface area contributed by atoms with Crippen molar-refractivity contribution in [3.05, 3.63) is 35.4 Å². The summed E-state index contributed by atoms with van der Waals surface area (Å²) in [5, 5.41) is 13.0. The number of rotatable bonds is 4. The summed E-state index contributed by atoms with van der Waals surface area (Å²) in [4.78, 5) is 21.7. The first-order valence-electron chi connectivity index (χ1n) is 5.10. The Hall–Kier alpha value is -2.18. The van der Waals surface area contributed by atoms with Crippen LogP contribution in [0.3, 0.4) is 0 Å². The van der Waals surface area contributed by atoms with E-state index in [0.29, 0.717) is 0 Å². The predicted molar refractivity (Wildman–Crippen MR) is 58.8 cm³/mol. The molecule has 1 rings (SSSR count). The molecule has 18 heavy (non-hydrogen) atoms. The third-order valence-electron chi connectivity index (χ3n) is 2.09. The number of nitrogens with one attached hydrogen (secondary N) is 2. The lowest BCUT2D eigenvalue weighted by Crippen LogP contribution is -2.44. The summed E-state index contributed by atoms with van der Waals surface area (Å²) < 4.78 is 25.6. The molecule has 1 aromatic rings. The van der Waals surface area contributed by atoms with E-state index in [0.717, 1.165) is 18.2 Å². The van der Waals surface area contributed by atoms with Gasteiger partial charge in [-0.05, 0) is 24.6 Å². The van der Waals surface area contributed by atoms with Gasteiger partial charge in [0.05, 0.1) is 0 Å². The molecule has 5 nitrogen and oxygen atoms in total. The molecule has 1 aromatic carbocycles. The van der Waals surface area contributed by atoms with Gasteiger partial charge in [-0.1, -0.05) is 0 Å². The first-order valence-corrected chi connectivity index (χ1v) is 5.10. The lowest BCUT2D eigenvalue weighted by molar-refractivity contribution is -0.138. The van der Waals surface area contributed by atoms with Gasteiger partial charge in [-0.3, -0.25) is 4.79 Å². The number of amides is 2. The molecule has 0 bridgehead atoms. The van der Waals surface area contributed by atoms with Gasteiger partial charge in [0, 0.05) is 12.6 Å². The van der Waals surface area contributed by atoms with Crippen LogP contribution < -0.4 is 10.6 Å². The van der Waals surface area contributed by atoms with Crippen LogP contribution in [-0.4, -0.2) is 23.1 Å². The van der Waals surface area contributed by atoms with Gasteiger partial charge >= 0.3 is 12.0 Å². The third-order valence-corrected chi connectivity index (χ3v) is 2.09. The number of carbonyl (C=O) groups excluding carboxylic acids is 1. The van der Waals surface area contributed by atoms with E-state index in [2.05, 4.69) is 10.6 Å². The molecular formula is C11H12F2N2O3. The minimum Gasteiger partial charge on any atom is -0.480 e. The molecule has 0 fully saturated rings. The molecule has 0 aliphatic rings. The van der Waals surface area contributed by atoms with Gasteiger partial charge in [0.25, 0.3) is 0 Å². The van der Waals surface area contributed by atoms with Crippen LogP contribution in [0, 0.1) is 11.6 Å². The van der Waals surface area contributed by atoms with Crippen molar-refractivity contribution in [2.24, 2.45) is 0 Å². The Bertz CT molecular complexity index is 445. The van der Waals surface area contributed by atoms with Crippen LogP contribution in [0.15, 0.2) is 18.2 Å². The van der Waals surface area contributed by atoms with E-state index in [1.165, 1.54) is 6.92 Å². The zero-order chi connectivity index (χ0) is 13.7. The van der Waals surface area contributed by atoms with Gasteiger partial charge in [-0.2, -0.15) is 0 Å². The van der Waals surface area contributed by atoms with Crippen molar-refractivity contribution < 1.29 is 23.5 Å². The molecule has 0 aliphatic carbocycles. The molecule has 98 valence electrons. The standard InChI is InChI=1S/C11H12F2N2O3/c1-6(10(16)17)15-11(18)14-5-7-2-8(12)4-9(13)3-7/h2-4,6H,5H2,1H3,(H,16,17)(H2,14,15,18). The van der Waals surface area contributed by atoms with E-state index in [9.17, 15) is 18.4 Å². The van der Waals surface area contributed by atoms with Gasteiger partial charge in [-0.15, -0.1) is 0 Å². The second-order valence-electron chi connectivity index (χ2n) is 3.66. The molecule has 3 N–H and O–H groups in total. The van der Waals surface area contributed by atoms with Gasteiger partial charge in [-0.25, -0.2) is 13.6 Å². The van der Waals surface area contributed by atoms with Gasteiger partial charge in [0.1, 0.15) is 17.7 Å². The molecule has 1 unspecified atom stereocenters. The summed E-state index contributed by atoms with van der Waals surface area (Å²) in [6.07, 6.45) is 0. The first-order chi connectivity index (χ1) is 8.38. The lowest BCUT2D eigenvalue weighted by Gasteiger charge is -2.10. The zero-order valence-corrected chi connectivity index (χ0v) is 9.54. The summed E-state index contributed by atoms with van der Waals surface area (Å²) in [6.45, 7) is 1.19. The summed E-state index contributed by atoms with van der Waals surface area (Å²) in [5.41, 5.74) is 0.241. The number of carboxylic acid groups (broad SMARTS) is 1. The van der Waals surface area contributed by atoms with Crippen molar-refractivity contribution in [2.45, 2.75) is 19.5 Å². The highest BCUT2D eigenvalue weighted by Gasteiger charge is 2.13. The number of hydrogen-bond donors (Lipinski definition) is 3. The van der Waals surface area contributed by atoms with Crippen molar-refractivity contribution in [2.75, 3.05) is 0 Å². The molecule has 0 aliphatic heterocycles. The van der Waals surface area contributed by atoms with E-state index < -0.39 is 29.7 Å². The third kappa shape index (κ3) is 4.36. The van der Waals surface area contributed by atoms with Crippen LogP contribution in [-0.2, 0) is 11.3 Å². The van der Waals surface area contributed by atoms with Crippen LogP contribution in [0.5, 0.6) is 0 Å². The lowest BCUT2D eigenvalue weighted by atomic mass is 10.2. The van der Waals surface area contributed by atoms with Gasteiger partial charge in [0.2, 0.25) is 0 Å². The number of aliphatic carboxylic acids is 1. The highest BCUT2D eigenvalue weighted by atomic mass is 19.1. The minimum atomic E-state index is -1.18. The number of hydrogen-bond acceptors (Lipinski definition) is 2. The van der Waals surface area contributed by atoms with Crippen molar-refractivity contribution >= 4 is 12.0 Å². The summed E-state index contributed by atoms with van der Waals surface area (Å²) in [7, 11) is 0. The second kappa shape index (κ2) is 5.95. The second-order valence-corrected chi connectivity index (χ2v) is 3.66. The van der Waals surface area contributed by atoms with Crippen LogP contribution in [0.1, 0.15) is 12.5 Å². The Morgan fingerprint density at radius 1 is 1.28 bits per heavy atom. The molecule has 1 atom stereocenters. The van der Waals surface area contributed by atoms with Crippen molar-refractivity contribution in [1.29, 1.82) is 0 Å². The SMILES string of the molecule is CC(NC(=O)NCc1cc(F)cc(F)c1)C(=O)O. The Balaban J connectivity index is 2.50. The topological polar surface area (TPSA) is 78.4 Å². The van der Waals surface area contributed by atoms with Crippen molar-refractivity contribution in [3.8, 4) is 0 Å². The summed E-state index contributed by atoms with van der Waals surface area (Å²) >= 11 is 0. The van der Waals surface area contributed by atoms with Crippen molar-refractivity contribution in [3.63, 3.8) is 0 Å². The largest absolute Gasteiger partial charge is 0.480 e. The molecule has 0 spiro atoms. The van der Waals surface area contributed by atoms with Gasteiger partial charge < -0.3 is 15.7 Å². The number of halogens is 2. The van der Waals surface area contributed by atoms with E-state index in [4.69, 9.17) is 5.11 Å². The average Bonchev–Trinajstić information content (AvgIpc) is 2.25. The molecule has 7 heteroatoms. The molecule has 0 aromatic heterocycles. The number of benzene rings is 1. The van der Waals surface area contributed by atoms with Crippen LogP contribution >= 0.6 is 0 Å². The van der Waals surface area contributed by atoms with E-state index in [1.54, 1.807) is 0 Å². The quantitative estimate of drug-likeness (QED) is 0.760. The maximum atomic E-state index is 12.8. The smallest absolute Gasteiger partial charge is 0.325 e. The summed E-state index contributed by atoms with van der Waals surface area (Å²) in [5.74, 6) is -2.67. The number of carbonyl (C=O) groups is 2. The first kappa shape index (κ1) is 13.9. The van der Waals surface area contributed by atoms with Crippen LogP contribution in [0.4, 0.5) is 13.6 Å². The minimum absolute atomic E-state index is 0.104. The fourth-order valence-electron chi connectivity index (χ4n) is 1.20. The maximum absolute atomic E-state index is 12.8. The Labute approximate surface area is 102 Å². The molecule has 0 saturated carbocycles. The summed E-state index contributed by atoms with van der Waals surface area (Å²) in [6, 6.07) is 1.09. The number of urea groups is 1. The predicted octanol–water partition coefficient (Wildman–Crippen LogP) is 1.24. The Morgan fingerprint density at radius 3 is 2.33 bits per heavy atom. The van der Waals surface area contributed by atoms with E-state index >= 15 is 0 Å². The molecule has 0 radical (unpaired) electrons.